The molecule has 1 heterocycles. The van der Waals surface area contributed by atoms with Gasteiger partial charge in [-0.15, -0.1) is 12.4 Å². The molecule has 2 rings (SSSR count). The molecule has 0 spiro atoms. The van der Waals surface area contributed by atoms with Crippen LogP contribution in [0.1, 0.15) is 12.5 Å². The maximum absolute atomic E-state index is 6.05. The minimum atomic E-state index is 0. The second-order valence-corrected chi connectivity index (χ2v) is 5.32. The van der Waals surface area contributed by atoms with E-state index in [1.807, 2.05) is 12.1 Å². The van der Waals surface area contributed by atoms with Crippen molar-refractivity contribution in [1.29, 1.82) is 0 Å². The van der Waals surface area contributed by atoms with Gasteiger partial charge in [0.1, 0.15) is 12.4 Å². The van der Waals surface area contributed by atoms with Crippen LogP contribution < -0.4 is 10.5 Å². The Morgan fingerprint density at radius 1 is 1.30 bits per heavy atom. The summed E-state index contributed by atoms with van der Waals surface area (Å²) in [6.07, 6.45) is 0. The molecule has 1 saturated heterocycles. The van der Waals surface area contributed by atoms with Gasteiger partial charge in [0, 0.05) is 32.8 Å². The Balaban J connectivity index is 0.00000200. The Bertz CT molecular complexity index is 393. The molecule has 1 aliphatic rings. The molecule has 0 amide bonds. The highest BCUT2D eigenvalue weighted by molar-refractivity contribution is 5.85. The number of benzene rings is 1. The van der Waals surface area contributed by atoms with E-state index in [2.05, 4.69) is 24.0 Å². The van der Waals surface area contributed by atoms with E-state index >= 15 is 0 Å². The fourth-order valence-corrected chi connectivity index (χ4v) is 2.46. The van der Waals surface area contributed by atoms with E-state index in [9.17, 15) is 0 Å². The number of ether oxygens (including phenoxy) is 2. The van der Waals surface area contributed by atoms with Gasteiger partial charge in [-0.3, -0.25) is 4.90 Å². The van der Waals surface area contributed by atoms with Crippen LogP contribution >= 0.6 is 12.4 Å². The first kappa shape index (κ1) is 17.2. The number of hydrogen-bond donors (Lipinski definition) is 1. The maximum atomic E-state index is 6.05. The molecule has 5 heteroatoms. The van der Waals surface area contributed by atoms with Gasteiger partial charge in [0.2, 0.25) is 0 Å². The zero-order chi connectivity index (χ0) is 13.7. The van der Waals surface area contributed by atoms with Crippen LogP contribution in [-0.2, 0) is 11.3 Å². The number of halogens is 1. The molecule has 0 saturated carbocycles. The molecule has 20 heavy (non-hydrogen) atoms. The van der Waals surface area contributed by atoms with Gasteiger partial charge in [-0.25, -0.2) is 0 Å². The Kier molecular flexibility index (Phi) is 7.30. The van der Waals surface area contributed by atoms with Crippen LogP contribution in [0.3, 0.4) is 0 Å². The standard InChI is InChI=1S/C15H24N2O2.ClH/c1-12-9-17(11-15(12)16)10-13-4-3-5-14(8-13)19-7-6-18-2;/h3-5,8,12,15H,6-7,9-11,16H2,1-2H3;1H. The Hall–Kier alpha value is -0.810. The third-order valence-corrected chi connectivity index (χ3v) is 3.61. The molecular weight excluding hydrogens is 276 g/mol. The number of nitrogens with zero attached hydrogens (tertiary/aromatic N) is 1. The molecule has 114 valence electrons. The lowest BCUT2D eigenvalue weighted by atomic mass is 10.1. The van der Waals surface area contributed by atoms with Gasteiger partial charge in [-0.1, -0.05) is 19.1 Å². The van der Waals surface area contributed by atoms with Gasteiger partial charge in [-0.05, 0) is 23.6 Å². The summed E-state index contributed by atoms with van der Waals surface area (Å²) in [4.78, 5) is 2.41. The summed E-state index contributed by atoms with van der Waals surface area (Å²) in [5.74, 6) is 1.49. The highest BCUT2D eigenvalue weighted by atomic mass is 35.5. The van der Waals surface area contributed by atoms with Gasteiger partial charge in [0.15, 0.2) is 0 Å². The fraction of sp³-hybridized carbons (Fsp3) is 0.600. The smallest absolute Gasteiger partial charge is 0.119 e. The molecule has 2 unspecified atom stereocenters. The van der Waals surface area contributed by atoms with Crippen molar-refractivity contribution in [2.75, 3.05) is 33.4 Å². The summed E-state index contributed by atoms with van der Waals surface area (Å²) in [6.45, 7) is 6.43. The monoisotopic (exact) mass is 300 g/mol. The predicted molar refractivity (Wildman–Crippen MR) is 83.5 cm³/mol. The van der Waals surface area contributed by atoms with E-state index in [-0.39, 0.29) is 12.4 Å². The molecule has 1 aliphatic heterocycles. The van der Waals surface area contributed by atoms with E-state index in [1.54, 1.807) is 7.11 Å². The lowest BCUT2D eigenvalue weighted by Gasteiger charge is -2.16. The average molecular weight is 301 g/mol. The molecule has 1 aromatic carbocycles. The van der Waals surface area contributed by atoms with Crippen molar-refractivity contribution in [1.82, 2.24) is 4.90 Å². The molecule has 2 N–H and O–H groups in total. The summed E-state index contributed by atoms with van der Waals surface area (Å²) in [5.41, 5.74) is 7.33. The van der Waals surface area contributed by atoms with Crippen molar-refractivity contribution >= 4 is 12.4 Å². The lowest BCUT2D eigenvalue weighted by molar-refractivity contribution is 0.146. The van der Waals surface area contributed by atoms with E-state index in [0.29, 0.717) is 25.2 Å². The van der Waals surface area contributed by atoms with Gasteiger partial charge < -0.3 is 15.2 Å². The Morgan fingerprint density at radius 2 is 2.10 bits per heavy atom. The van der Waals surface area contributed by atoms with Gasteiger partial charge >= 0.3 is 0 Å². The zero-order valence-corrected chi connectivity index (χ0v) is 13.1. The third-order valence-electron chi connectivity index (χ3n) is 3.61. The van der Waals surface area contributed by atoms with Crippen LogP contribution in [0.25, 0.3) is 0 Å². The second kappa shape index (κ2) is 8.47. The highest BCUT2D eigenvalue weighted by Gasteiger charge is 2.26. The summed E-state index contributed by atoms with van der Waals surface area (Å²) in [6, 6.07) is 8.57. The Labute approximate surface area is 127 Å². The quantitative estimate of drug-likeness (QED) is 0.815. The predicted octanol–water partition coefficient (Wildman–Crippen LogP) is 1.91. The minimum absolute atomic E-state index is 0. The topological polar surface area (TPSA) is 47.7 Å². The molecule has 0 aliphatic carbocycles. The van der Waals surface area contributed by atoms with Crippen LogP contribution in [0, 0.1) is 5.92 Å². The molecule has 0 aromatic heterocycles. The van der Waals surface area contributed by atoms with E-state index in [0.717, 1.165) is 25.4 Å². The first-order valence-corrected chi connectivity index (χ1v) is 6.87. The summed E-state index contributed by atoms with van der Waals surface area (Å²) < 4.78 is 10.6. The third kappa shape index (κ3) is 4.94. The van der Waals surface area contributed by atoms with Crippen LogP contribution in [0.15, 0.2) is 24.3 Å². The summed E-state index contributed by atoms with van der Waals surface area (Å²) in [7, 11) is 1.68. The molecule has 1 fully saturated rings. The Morgan fingerprint density at radius 3 is 2.75 bits per heavy atom. The molecule has 1 aromatic rings. The van der Waals surface area contributed by atoms with Crippen molar-refractivity contribution in [2.24, 2.45) is 11.7 Å². The second-order valence-electron chi connectivity index (χ2n) is 5.32. The van der Waals surface area contributed by atoms with Crippen LogP contribution in [0.5, 0.6) is 5.75 Å². The van der Waals surface area contributed by atoms with Crippen molar-refractivity contribution in [3.63, 3.8) is 0 Å². The van der Waals surface area contributed by atoms with Crippen molar-refractivity contribution in [2.45, 2.75) is 19.5 Å². The normalized spacial score (nSPS) is 22.6. The van der Waals surface area contributed by atoms with Gasteiger partial charge in [-0.2, -0.15) is 0 Å². The van der Waals surface area contributed by atoms with Gasteiger partial charge in [0.05, 0.1) is 6.61 Å². The maximum Gasteiger partial charge on any atom is 0.119 e. The molecule has 4 nitrogen and oxygen atoms in total. The van der Waals surface area contributed by atoms with Crippen molar-refractivity contribution in [3.05, 3.63) is 29.8 Å². The summed E-state index contributed by atoms with van der Waals surface area (Å²) in [5, 5.41) is 0. The van der Waals surface area contributed by atoms with Crippen molar-refractivity contribution in [3.8, 4) is 5.75 Å². The fourth-order valence-electron chi connectivity index (χ4n) is 2.46. The first-order valence-electron chi connectivity index (χ1n) is 6.87. The SMILES string of the molecule is COCCOc1cccc(CN2CC(C)C(N)C2)c1.Cl. The van der Waals surface area contributed by atoms with E-state index in [1.165, 1.54) is 5.56 Å². The van der Waals surface area contributed by atoms with Crippen LogP contribution in [0.4, 0.5) is 0 Å². The number of rotatable bonds is 6. The first-order chi connectivity index (χ1) is 9.19. The molecule has 0 bridgehead atoms. The molecule has 0 radical (unpaired) electrons. The van der Waals surface area contributed by atoms with Gasteiger partial charge in [0.25, 0.3) is 0 Å². The lowest BCUT2D eigenvalue weighted by Crippen LogP contribution is -2.28. The van der Waals surface area contributed by atoms with E-state index < -0.39 is 0 Å². The zero-order valence-electron chi connectivity index (χ0n) is 12.2. The number of nitrogens with two attached hydrogens (primary N) is 1. The highest BCUT2D eigenvalue weighted by Crippen LogP contribution is 2.19. The van der Waals surface area contributed by atoms with Crippen LogP contribution in [-0.4, -0.2) is 44.4 Å². The number of likely N-dealkylation sites (tertiary alicyclic amines) is 1. The molecular formula is C15H25ClN2O2. The average Bonchev–Trinajstić information content (AvgIpc) is 2.69. The van der Waals surface area contributed by atoms with Crippen LogP contribution in [0.2, 0.25) is 0 Å². The number of hydrogen-bond acceptors (Lipinski definition) is 4. The summed E-state index contributed by atoms with van der Waals surface area (Å²) >= 11 is 0. The largest absolute Gasteiger partial charge is 0.491 e. The minimum Gasteiger partial charge on any atom is -0.491 e. The van der Waals surface area contributed by atoms with E-state index in [4.69, 9.17) is 15.2 Å². The van der Waals surface area contributed by atoms with Crippen molar-refractivity contribution < 1.29 is 9.47 Å². The molecule has 2 atom stereocenters. The number of methoxy groups -OCH3 is 1.